The molecule has 0 bridgehead atoms. The third-order valence-electron chi connectivity index (χ3n) is 1.83. The average molecular weight is 410 g/mol. The summed E-state index contributed by atoms with van der Waals surface area (Å²) in [7, 11) is 0. The van der Waals surface area contributed by atoms with Gasteiger partial charge in [0.2, 0.25) is 0 Å². The van der Waals surface area contributed by atoms with E-state index < -0.39 is 43.1 Å². The molecule has 0 aromatic heterocycles. The number of benzene rings is 1. The van der Waals surface area contributed by atoms with Gasteiger partial charge in [0.1, 0.15) is 16.0 Å². The number of halogens is 6. The molecule has 0 spiro atoms. The summed E-state index contributed by atoms with van der Waals surface area (Å²) in [5.74, 6) is -3.47. The molecule has 11 heteroatoms. The van der Waals surface area contributed by atoms with Crippen LogP contribution in [0.15, 0.2) is 15.0 Å². The maximum absolute atomic E-state index is 13.2. The molecule has 5 nitrogen and oxygen atoms in total. The molecule has 0 aliphatic rings. The third-order valence-corrected chi connectivity index (χ3v) is 3.21. The highest BCUT2D eigenvalue weighted by molar-refractivity contribution is 9.11. The fourth-order valence-electron chi connectivity index (χ4n) is 1.06. The summed E-state index contributed by atoms with van der Waals surface area (Å²) in [6.07, 6.45) is -5.23. The van der Waals surface area contributed by atoms with E-state index in [0.717, 1.165) is 0 Å². The van der Waals surface area contributed by atoms with Crippen molar-refractivity contribution in [3.05, 3.63) is 30.9 Å². The van der Waals surface area contributed by atoms with Crippen LogP contribution >= 0.6 is 31.9 Å². The van der Waals surface area contributed by atoms with Gasteiger partial charge in [-0.1, -0.05) is 0 Å². The molecule has 104 valence electrons. The molecule has 0 saturated carbocycles. The molecule has 0 radical (unpaired) electrons. The predicted molar refractivity (Wildman–Crippen MR) is 63.1 cm³/mol. The number of carbonyl (C=O) groups excluding carboxylic acids is 1. The molecular weight excluding hydrogens is 408 g/mol. The minimum Gasteiger partial charge on any atom is -0.311 e. The van der Waals surface area contributed by atoms with Gasteiger partial charge in [-0.05, 0) is 37.9 Å². The van der Waals surface area contributed by atoms with Crippen LogP contribution in [0.5, 0.6) is 0 Å². The van der Waals surface area contributed by atoms with Crippen LogP contribution in [-0.4, -0.2) is 17.0 Å². The second kappa shape index (κ2) is 5.41. The first-order valence-corrected chi connectivity index (χ1v) is 5.84. The number of carbonyl (C=O) groups is 1. The maximum Gasteiger partial charge on any atom is 0.471 e. The fraction of sp³-hybridized carbons (Fsp3) is 0.125. The van der Waals surface area contributed by atoms with Crippen LogP contribution in [0.1, 0.15) is 0 Å². The summed E-state index contributed by atoms with van der Waals surface area (Å²) in [5, 5.41) is 12.1. The van der Waals surface area contributed by atoms with Gasteiger partial charge in [-0.25, -0.2) is 4.39 Å². The first-order valence-electron chi connectivity index (χ1n) is 4.25. The van der Waals surface area contributed by atoms with Crippen molar-refractivity contribution in [3.63, 3.8) is 0 Å². The molecule has 0 fully saturated rings. The van der Waals surface area contributed by atoms with Crippen molar-refractivity contribution in [1.82, 2.24) is 0 Å². The Labute approximate surface area is 119 Å². The second-order valence-corrected chi connectivity index (χ2v) is 4.73. The number of nitro groups is 1. The first kappa shape index (κ1) is 15.8. The third kappa shape index (κ3) is 3.41. The SMILES string of the molecule is O=C(Nc1c(Br)cc(F)c(Br)c1[N+](=O)[O-])C(F)(F)F. The van der Waals surface area contributed by atoms with E-state index in [1.807, 2.05) is 0 Å². The molecule has 0 heterocycles. The number of alkyl halides is 3. The number of rotatable bonds is 2. The van der Waals surface area contributed by atoms with Gasteiger partial charge in [0.05, 0.1) is 9.40 Å². The summed E-state index contributed by atoms with van der Waals surface area (Å²) >= 11 is 5.18. The van der Waals surface area contributed by atoms with Crippen LogP contribution < -0.4 is 5.32 Å². The number of nitro benzene ring substituents is 1. The van der Waals surface area contributed by atoms with E-state index in [0.29, 0.717) is 6.07 Å². The number of nitrogens with one attached hydrogen (secondary N) is 1. The summed E-state index contributed by atoms with van der Waals surface area (Å²) in [4.78, 5) is 20.4. The van der Waals surface area contributed by atoms with E-state index >= 15 is 0 Å². The highest BCUT2D eigenvalue weighted by Gasteiger charge is 2.40. The number of hydrogen-bond donors (Lipinski definition) is 1. The minimum absolute atomic E-state index is 0.391. The van der Waals surface area contributed by atoms with E-state index in [1.54, 1.807) is 0 Å². The molecule has 1 rings (SSSR count). The van der Waals surface area contributed by atoms with E-state index in [-0.39, 0.29) is 0 Å². The van der Waals surface area contributed by atoms with Gasteiger partial charge in [-0.3, -0.25) is 14.9 Å². The number of amides is 1. The van der Waals surface area contributed by atoms with Gasteiger partial charge in [0.25, 0.3) is 0 Å². The Hall–Kier alpha value is -1.23. The normalized spacial score (nSPS) is 11.3. The Morgan fingerprint density at radius 3 is 2.32 bits per heavy atom. The zero-order valence-corrected chi connectivity index (χ0v) is 11.7. The predicted octanol–water partition coefficient (Wildman–Crippen LogP) is 3.76. The van der Waals surface area contributed by atoms with Crippen LogP contribution in [0.4, 0.5) is 28.9 Å². The summed E-state index contributed by atoms with van der Waals surface area (Å²) < 4.78 is 48.5. The Balaban J connectivity index is 3.39. The van der Waals surface area contributed by atoms with Crippen LogP contribution in [0.2, 0.25) is 0 Å². The quantitative estimate of drug-likeness (QED) is 0.350. The number of nitrogens with zero attached hydrogens (tertiary/aromatic N) is 1. The number of anilines is 1. The van der Waals surface area contributed by atoms with E-state index in [2.05, 4.69) is 31.9 Å². The Bertz CT molecular complexity index is 562. The van der Waals surface area contributed by atoms with Crippen LogP contribution in [0.3, 0.4) is 0 Å². The Kier molecular flexibility index (Phi) is 4.50. The van der Waals surface area contributed by atoms with Crippen LogP contribution in [-0.2, 0) is 4.79 Å². The molecule has 1 amide bonds. The summed E-state index contributed by atoms with van der Waals surface area (Å²) in [5.41, 5.74) is -1.81. The van der Waals surface area contributed by atoms with Gasteiger partial charge in [-0.15, -0.1) is 0 Å². The Morgan fingerprint density at radius 2 is 1.89 bits per heavy atom. The summed E-state index contributed by atoms with van der Waals surface area (Å²) in [6.45, 7) is 0. The van der Waals surface area contributed by atoms with Crippen molar-refractivity contribution in [2.45, 2.75) is 6.18 Å². The molecule has 0 aliphatic heterocycles. The zero-order valence-electron chi connectivity index (χ0n) is 8.52. The van der Waals surface area contributed by atoms with Gasteiger partial charge in [0.15, 0.2) is 0 Å². The van der Waals surface area contributed by atoms with Gasteiger partial charge >= 0.3 is 17.8 Å². The van der Waals surface area contributed by atoms with Crippen molar-refractivity contribution < 1.29 is 27.3 Å². The molecule has 0 atom stereocenters. The lowest BCUT2D eigenvalue weighted by molar-refractivity contribution is -0.385. The van der Waals surface area contributed by atoms with E-state index in [1.165, 1.54) is 5.32 Å². The van der Waals surface area contributed by atoms with Crippen molar-refractivity contribution in [3.8, 4) is 0 Å². The molecule has 1 aromatic carbocycles. The summed E-state index contributed by atoms with van der Waals surface area (Å²) in [6, 6.07) is 0.684. The van der Waals surface area contributed by atoms with Crippen molar-refractivity contribution in [2.24, 2.45) is 0 Å². The smallest absolute Gasteiger partial charge is 0.311 e. The lowest BCUT2D eigenvalue weighted by Crippen LogP contribution is -2.30. The maximum atomic E-state index is 13.2. The zero-order chi connectivity index (χ0) is 15.0. The van der Waals surface area contributed by atoms with Gasteiger partial charge in [0, 0.05) is 0 Å². The highest BCUT2D eigenvalue weighted by Crippen LogP contribution is 2.41. The van der Waals surface area contributed by atoms with Crippen molar-refractivity contribution in [2.75, 3.05) is 5.32 Å². The van der Waals surface area contributed by atoms with Crippen LogP contribution in [0, 0.1) is 15.9 Å². The minimum atomic E-state index is -5.23. The highest BCUT2D eigenvalue weighted by atomic mass is 79.9. The standard InChI is InChI=1S/C8H2Br2F4N2O3/c9-2-1-3(11)4(10)6(16(18)19)5(2)15-7(17)8(12,13)14/h1H,(H,15,17). The molecule has 1 N–H and O–H groups in total. The van der Waals surface area contributed by atoms with Gasteiger partial charge in [-0.2, -0.15) is 13.2 Å². The monoisotopic (exact) mass is 408 g/mol. The second-order valence-electron chi connectivity index (χ2n) is 3.09. The molecule has 0 unspecified atom stereocenters. The average Bonchev–Trinajstić information content (AvgIpc) is 2.23. The van der Waals surface area contributed by atoms with E-state index in [4.69, 9.17) is 0 Å². The van der Waals surface area contributed by atoms with Crippen LogP contribution in [0.25, 0.3) is 0 Å². The largest absolute Gasteiger partial charge is 0.471 e. The topological polar surface area (TPSA) is 72.2 Å². The lowest BCUT2D eigenvalue weighted by atomic mass is 10.2. The first-order chi connectivity index (χ1) is 8.55. The molecule has 0 aliphatic carbocycles. The lowest BCUT2D eigenvalue weighted by Gasteiger charge is -2.11. The van der Waals surface area contributed by atoms with E-state index in [9.17, 15) is 32.5 Å². The fourth-order valence-corrected chi connectivity index (χ4v) is 2.00. The van der Waals surface area contributed by atoms with Crippen molar-refractivity contribution in [1.29, 1.82) is 0 Å². The Morgan fingerprint density at radius 1 is 1.37 bits per heavy atom. The molecule has 19 heavy (non-hydrogen) atoms. The number of hydrogen-bond acceptors (Lipinski definition) is 3. The molecule has 0 saturated heterocycles. The molecular formula is C8H2Br2F4N2O3. The van der Waals surface area contributed by atoms with Gasteiger partial charge < -0.3 is 5.32 Å². The molecule has 1 aromatic rings. The van der Waals surface area contributed by atoms with Crippen molar-refractivity contribution >= 4 is 49.1 Å².